The van der Waals surface area contributed by atoms with Crippen molar-refractivity contribution >= 4 is 11.3 Å². The largest absolute Gasteiger partial charge is 0.312 e. The number of fused-ring (bicyclic) bond motifs is 1. The van der Waals surface area contributed by atoms with Gasteiger partial charge in [-0.25, -0.2) is 8.78 Å². The second kappa shape index (κ2) is 5.62. The number of likely N-dealkylation sites (N-methyl/N-ethyl adjacent to an activating group) is 1. The van der Waals surface area contributed by atoms with Crippen molar-refractivity contribution in [1.29, 1.82) is 0 Å². The van der Waals surface area contributed by atoms with Gasteiger partial charge in [-0.05, 0) is 61.0 Å². The Morgan fingerprint density at radius 1 is 1.25 bits per heavy atom. The normalized spacial score (nSPS) is 19.6. The molecule has 1 nitrogen and oxygen atoms in total. The minimum atomic E-state index is -0.788. The fourth-order valence-corrected chi connectivity index (χ4v) is 4.17. The number of benzene rings is 1. The molecular weight excluding hydrogens is 276 g/mol. The summed E-state index contributed by atoms with van der Waals surface area (Å²) < 4.78 is 26.6. The lowest BCUT2D eigenvalue weighted by Gasteiger charge is -2.31. The van der Waals surface area contributed by atoms with Gasteiger partial charge in [-0.1, -0.05) is 6.07 Å². The van der Waals surface area contributed by atoms with Gasteiger partial charge in [0.15, 0.2) is 11.6 Å². The van der Waals surface area contributed by atoms with Crippen LogP contribution in [-0.2, 0) is 6.42 Å². The molecule has 0 amide bonds. The highest BCUT2D eigenvalue weighted by molar-refractivity contribution is 7.10. The quantitative estimate of drug-likeness (QED) is 0.884. The van der Waals surface area contributed by atoms with Crippen LogP contribution in [0.4, 0.5) is 8.78 Å². The zero-order valence-electron chi connectivity index (χ0n) is 11.3. The van der Waals surface area contributed by atoms with E-state index in [1.807, 2.05) is 7.05 Å². The van der Waals surface area contributed by atoms with Gasteiger partial charge in [0, 0.05) is 16.8 Å². The molecule has 106 valence electrons. The number of hydrogen-bond donors (Lipinski definition) is 1. The fourth-order valence-electron chi connectivity index (χ4n) is 3.17. The highest BCUT2D eigenvalue weighted by Crippen LogP contribution is 2.42. The van der Waals surface area contributed by atoms with Crippen LogP contribution in [0.3, 0.4) is 0 Å². The van der Waals surface area contributed by atoms with Gasteiger partial charge in [0.05, 0.1) is 0 Å². The molecule has 0 aliphatic heterocycles. The van der Waals surface area contributed by atoms with Crippen molar-refractivity contribution in [3.05, 3.63) is 57.3 Å². The molecule has 1 N–H and O–H groups in total. The van der Waals surface area contributed by atoms with E-state index in [1.165, 1.54) is 22.6 Å². The molecule has 4 heteroatoms. The maximum Gasteiger partial charge on any atom is 0.159 e. The van der Waals surface area contributed by atoms with Gasteiger partial charge in [0.2, 0.25) is 0 Å². The highest BCUT2D eigenvalue weighted by atomic mass is 32.1. The number of nitrogens with one attached hydrogen (secondary N) is 1. The van der Waals surface area contributed by atoms with E-state index in [9.17, 15) is 8.78 Å². The van der Waals surface area contributed by atoms with Crippen LogP contribution in [0.1, 0.15) is 40.8 Å². The van der Waals surface area contributed by atoms with Crippen molar-refractivity contribution in [1.82, 2.24) is 5.32 Å². The van der Waals surface area contributed by atoms with E-state index in [0.717, 1.165) is 24.8 Å². The molecule has 0 fully saturated rings. The fraction of sp³-hybridized carbons (Fsp3) is 0.375. The van der Waals surface area contributed by atoms with Crippen LogP contribution in [0.25, 0.3) is 0 Å². The lowest BCUT2D eigenvalue weighted by Crippen LogP contribution is -2.26. The van der Waals surface area contributed by atoms with E-state index in [2.05, 4.69) is 16.8 Å². The molecule has 1 aliphatic rings. The number of rotatable bonds is 3. The van der Waals surface area contributed by atoms with Crippen LogP contribution in [0, 0.1) is 11.6 Å². The summed E-state index contributed by atoms with van der Waals surface area (Å²) in [6.07, 6.45) is 3.37. The molecule has 0 spiro atoms. The second-order valence-electron chi connectivity index (χ2n) is 5.24. The molecule has 0 bridgehead atoms. The molecule has 0 saturated carbocycles. The van der Waals surface area contributed by atoms with E-state index in [1.54, 1.807) is 17.4 Å². The first kappa shape index (κ1) is 13.7. The summed E-state index contributed by atoms with van der Waals surface area (Å²) in [5.74, 6) is -1.23. The van der Waals surface area contributed by atoms with Crippen molar-refractivity contribution < 1.29 is 8.78 Å². The van der Waals surface area contributed by atoms with Crippen molar-refractivity contribution in [3.63, 3.8) is 0 Å². The third-order valence-electron chi connectivity index (χ3n) is 4.11. The number of thiophene rings is 1. The summed E-state index contributed by atoms with van der Waals surface area (Å²) in [6.45, 7) is 0. The molecule has 2 aromatic rings. The Bertz CT molecular complexity index is 608. The summed E-state index contributed by atoms with van der Waals surface area (Å²) in [4.78, 5) is 1.43. The van der Waals surface area contributed by atoms with E-state index in [0.29, 0.717) is 5.92 Å². The predicted octanol–water partition coefficient (Wildman–Crippen LogP) is 4.41. The second-order valence-corrected chi connectivity index (χ2v) is 6.24. The van der Waals surface area contributed by atoms with Gasteiger partial charge >= 0.3 is 0 Å². The number of halogens is 2. The Labute approximate surface area is 121 Å². The van der Waals surface area contributed by atoms with Crippen molar-refractivity contribution in [2.45, 2.75) is 31.2 Å². The highest BCUT2D eigenvalue weighted by Gasteiger charge is 2.29. The number of aryl methyl sites for hydroxylation is 1. The molecule has 1 aromatic carbocycles. The molecule has 1 heterocycles. The average Bonchev–Trinajstić information content (AvgIpc) is 2.93. The predicted molar refractivity (Wildman–Crippen MR) is 78.2 cm³/mol. The zero-order chi connectivity index (χ0) is 14.1. The van der Waals surface area contributed by atoms with Crippen molar-refractivity contribution in [2.24, 2.45) is 0 Å². The van der Waals surface area contributed by atoms with Gasteiger partial charge in [0.1, 0.15) is 0 Å². The van der Waals surface area contributed by atoms with Crippen LogP contribution in [0.15, 0.2) is 29.6 Å². The minimum Gasteiger partial charge on any atom is -0.312 e. The third kappa shape index (κ3) is 2.38. The summed E-state index contributed by atoms with van der Waals surface area (Å²) in [5, 5.41) is 5.41. The lowest BCUT2D eigenvalue weighted by molar-refractivity contribution is 0.423. The standard InChI is InChI=1S/C16H17F2NS/c1-19-16(10-5-6-13(17)14(18)9-10)12-3-2-4-15-11(12)7-8-20-15/h5-9,12,16,19H,2-4H2,1H3. The van der Waals surface area contributed by atoms with Crippen LogP contribution in [0.2, 0.25) is 0 Å². The minimum absolute atomic E-state index is 0.0266. The Morgan fingerprint density at radius 2 is 2.10 bits per heavy atom. The Balaban J connectivity index is 1.97. The first-order chi connectivity index (χ1) is 9.70. The summed E-state index contributed by atoms with van der Waals surface area (Å²) in [5.41, 5.74) is 2.18. The van der Waals surface area contributed by atoms with Crippen LogP contribution in [-0.4, -0.2) is 7.05 Å². The van der Waals surface area contributed by atoms with E-state index >= 15 is 0 Å². The zero-order valence-corrected chi connectivity index (χ0v) is 12.1. The third-order valence-corrected chi connectivity index (χ3v) is 5.11. The SMILES string of the molecule is CNC(c1ccc(F)c(F)c1)C1CCCc2sccc21. The molecule has 1 aromatic heterocycles. The monoisotopic (exact) mass is 293 g/mol. The topological polar surface area (TPSA) is 12.0 Å². The average molecular weight is 293 g/mol. The first-order valence-corrected chi connectivity index (χ1v) is 7.77. The molecule has 20 heavy (non-hydrogen) atoms. The van der Waals surface area contributed by atoms with Gasteiger partial charge < -0.3 is 5.32 Å². The van der Waals surface area contributed by atoms with Gasteiger partial charge in [0.25, 0.3) is 0 Å². The molecule has 2 unspecified atom stereocenters. The van der Waals surface area contributed by atoms with Crippen LogP contribution >= 0.6 is 11.3 Å². The Morgan fingerprint density at radius 3 is 2.85 bits per heavy atom. The summed E-state index contributed by atoms with van der Waals surface area (Å²) >= 11 is 1.80. The van der Waals surface area contributed by atoms with Gasteiger partial charge in [-0.3, -0.25) is 0 Å². The summed E-state index contributed by atoms with van der Waals surface area (Å²) in [7, 11) is 1.88. The molecular formula is C16H17F2NS. The van der Waals surface area contributed by atoms with Crippen molar-refractivity contribution in [2.75, 3.05) is 7.05 Å². The van der Waals surface area contributed by atoms with Gasteiger partial charge in [-0.15, -0.1) is 11.3 Å². The van der Waals surface area contributed by atoms with E-state index < -0.39 is 11.6 Å². The molecule has 0 radical (unpaired) electrons. The van der Waals surface area contributed by atoms with E-state index in [4.69, 9.17) is 0 Å². The van der Waals surface area contributed by atoms with E-state index in [-0.39, 0.29) is 6.04 Å². The number of hydrogen-bond acceptors (Lipinski definition) is 2. The lowest BCUT2D eigenvalue weighted by atomic mass is 9.80. The molecule has 0 saturated heterocycles. The van der Waals surface area contributed by atoms with Crippen LogP contribution < -0.4 is 5.32 Å². The van der Waals surface area contributed by atoms with Crippen LogP contribution in [0.5, 0.6) is 0 Å². The maximum atomic E-state index is 13.5. The summed E-state index contributed by atoms with van der Waals surface area (Å²) in [6, 6.07) is 6.41. The molecule has 2 atom stereocenters. The first-order valence-electron chi connectivity index (χ1n) is 6.89. The molecule has 1 aliphatic carbocycles. The Hall–Kier alpha value is -1.26. The van der Waals surface area contributed by atoms with Gasteiger partial charge in [-0.2, -0.15) is 0 Å². The smallest absolute Gasteiger partial charge is 0.159 e. The van der Waals surface area contributed by atoms with Crippen molar-refractivity contribution in [3.8, 4) is 0 Å². The molecule has 3 rings (SSSR count). The maximum absolute atomic E-state index is 13.5. The Kier molecular flexibility index (Phi) is 3.85.